The van der Waals surface area contributed by atoms with E-state index in [4.69, 9.17) is 4.42 Å². The van der Waals surface area contributed by atoms with Crippen molar-refractivity contribution in [3.05, 3.63) is 36.1 Å². The summed E-state index contributed by atoms with van der Waals surface area (Å²) in [6, 6.07) is 10.1. The monoisotopic (exact) mass is 271 g/mol. The van der Waals surface area contributed by atoms with Crippen LogP contribution in [0.2, 0.25) is 0 Å². The second-order valence-electron chi connectivity index (χ2n) is 5.74. The Morgan fingerprint density at radius 2 is 2.15 bits per heavy atom. The van der Waals surface area contributed by atoms with Crippen molar-refractivity contribution in [3.63, 3.8) is 0 Å². The molecule has 0 saturated carbocycles. The van der Waals surface area contributed by atoms with Gasteiger partial charge in [-0.15, -0.1) is 0 Å². The van der Waals surface area contributed by atoms with Crippen molar-refractivity contribution in [2.75, 3.05) is 13.1 Å². The fourth-order valence-electron chi connectivity index (χ4n) is 2.95. The number of ketones is 1. The van der Waals surface area contributed by atoms with Crippen LogP contribution < -0.4 is 0 Å². The number of nitrogens with zero attached hydrogens (tertiary/aromatic N) is 1. The maximum absolute atomic E-state index is 12.4. The summed E-state index contributed by atoms with van der Waals surface area (Å²) in [7, 11) is 0. The van der Waals surface area contributed by atoms with Gasteiger partial charge in [-0.2, -0.15) is 0 Å². The van der Waals surface area contributed by atoms with Crippen molar-refractivity contribution >= 4 is 16.8 Å². The smallest absolute Gasteiger partial charge is 0.211 e. The highest BCUT2D eigenvalue weighted by Crippen LogP contribution is 2.21. The molecule has 3 heteroatoms. The Labute approximate surface area is 119 Å². The van der Waals surface area contributed by atoms with Crippen LogP contribution in [0.5, 0.6) is 0 Å². The lowest BCUT2D eigenvalue weighted by molar-refractivity contribution is 0.0876. The van der Waals surface area contributed by atoms with E-state index in [1.165, 1.54) is 25.7 Å². The van der Waals surface area contributed by atoms with Crippen LogP contribution in [0.25, 0.3) is 11.0 Å². The minimum absolute atomic E-state index is 0.0925. The average molecular weight is 271 g/mol. The van der Waals surface area contributed by atoms with Gasteiger partial charge in [0.05, 0.1) is 6.54 Å². The van der Waals surface area contributed by atoms with Crippen molar-refractivity contribution in [2.24, 2.45) is 0 Å². The van der Waals surface area contributed by atoms with E-state index in [-0.39, 0.29) is 5.78 Å². The van der Waals surface area contributed by atoms with Crippen LogP contribution >= 0.6 is 0 Å². The van der Waals surface area contributed by atoms with E-state index in [0.717, 1.165) is 17.5 Å². The van der Waals surface area contributed by atoms with E-state index < -0.39 is 0 Å². The predicted molar refractivity (Wildman–Crippen MR) is 80.0 cm³/mol. The lowest BCUT2D eigenvalue weighted by Crippen LogP contribution is -2.36. The van der Waals surface area contributed by atoms with Crippen LogP contribution in [0.3, 0.4) is 0 Å². The summed E-state index contributed by atoms with van der Waals surface area (Å²) in [6.45, 7) is 3.71. The third-order valence-corrected chi connectivity index (χ3v) is 4.24. The predicted octanol–water partition coefficient (Wildman–Crippen LogP) is 3.88. The minimum atomic E-state index is 0.0925. The number of para-hydroxylation sites is 1. The molecule has 106 valence electrons. The van der Waals surface area contributed by atoms with E-state index in [1.807, 2.05) is 30.3 Å². The van der Waals surface area contributed by atoms with Gasteiger partial charge in [0.15, 0.2) is 5.76 Å². The quantitative estimate of drug-likeness (QED) is 0.794. The molecule has 0 aliphatic carbocycles. The third-order valence-electron chi connectivity index (χ3n) is 4.24. The summed E-state index contributed by atoms with van der Waals surface area (Å²) in [4.78, 5) is 14.7. The molecule has 1 unspecified atom stereocenters. The summed E-state index contributed by atoms with van der Waals surface area (Å²) >= 11 is 0. The van der Waals surface area contributed by atoms with Crippen molar-refractivity contribution < 1.29 is 9.21 Å². The molecule has 0 N–H and O–H groups in total. The molecule has 1 atom stereocenters. The zero-order chi connectivity index (χ0) is 13.9. The number of hydrogen-bond donors (Lipinski definition) is 0. The van der Waals surface area contributed by atoms with Gasteiger partial charge in [-0.3, -0.25) is 9.69 Å². The highest BCUT2D eigenvalue weighted by molar-refractivity contribution is 5.98. The van der Waals surface area contributed by atoms with Gasteiger partial charge >= 0.3 is 0 Å². The molecule has 0 bridgehead atoms. The van der Waals surface area contributed by atoms with Crippen LogP contribution in [-0.4, -0.2) is 29.8 Å². The Balaban J connectivity index is 1.74. The van der Waals surface area contributed by atoms with E-state index in [2.05, 4.69) is 11.8 Å². The van der Waals surface area contributed by atoms with Crippen LogP contribution in [-0.2, 0) is 0 Å². The van der Waals surface area contributed by atoms with Gasteiger partial charge < -0.3 is 4.42 Å². The van der Waals surface area contributed by atoms with Gasteiger partial charge in [0, 0.05) is 11.4 Å². The second kappa shape index (κ2) is 5.80. The van der Waals surface area contributed by atoms with E-state index in [0.29, 0.717) is 18.3 Å². The number of hydrogen-bond acceptors (Lipinski definition) is 3. The number of likely N-dealkylation sites (tertiary alicyclic amines) is 1. The Kier molecular flexibility index (Phi) is 3.88. The maximum Gasteiger partial charge on any atom is 0.211 e. The lowest BCUT2D eigenvalue weighted by Gasteiger charge is -2.25. The number of carbonyl (C=O) groups excluding carboxylic acids is 1. The number of rotatable bonds is 3. The Morgan fingerprint density at radius 3 is 3.00 bits per heavy atom. The molecule has 1 fully saturated rings. The fourth-order valence-corrected chi connectivity index (χ4v) is 2.95. The highest BCUT2D eigenvalue weighted by atomic mass is 16.3. The number of fused-ring (bicyclic) bond motifs is 1. The van der Waals surface area contributed by atoms with Gasteiger partial charge in [-0.05, 0) is 38.4 Å². The van der Waals surface area contributed by atoms with Gasteiger partial charge in [-0.25, -0.2) is 0 Å². The summed E-state index contributed by atoms with van der Waals surface area (Å²) in [5.41, 5.74) is 0.791. The summed E-state index contributed by atoms with van der Waals surface area (Å²) in [5, 5.41) is 1.000. The molecule has 1 aliphatic heterocycles. The topological polar surface area (TPSA) is 33.5 Å². The van der Waals surface area contributed by atoms with Crippen molar-refractivity contribution in [2.45, 2.75) is 38.6 Å². The molecule has 1 aromatic carbocycles. The van der Waals surface area contributed by atoms with Crippen molar-refractivity contribution in [1.29, 1.82) is 0 Å². The molecule has 20 heavy (non-hydrogen) atoms. The number of Topliss-reactive ketones (excluding diaryl/α,β-unsaturated/α-hetero) is 1. The van der Waals surface area contributed by atoms with Gasteiger partial charge in [0.2, 0.25) is 5.78 Å². The first-order valence-corrected chi connectivity index (χ1v) is 7.50. The largest absolute Gasteiger partial charge is 0.453 e. The van der Waals surface area contributed by atoms with E-state index >= 15 is 0 Å². The molecular weight excluding hydrogens is 250 g/mol. The van der Waals surface area contributed by atoms with Crippen LogP contribution in [0, 0.1) is 0 Å². The second-order valence-corrected chi connectivity index (χ2v) is 5.74. The molecule has 0 spiro atoms. The van der Waals surface area contributed by atoms with Crippen LogP contribution in [0.15, 0.2) is 34.7 Å². The van der Waals surface area contributed by atoms with Crippen molar-refractivity contribution in [1.82, 2.24) is 4.90 Å². The average Bonchev–Trinajstić information content (AvgIpc) is 2.79. The first-order chi connectivity index (χ1) is 9.74. The minimum Gasteiger partial charge on any atom is -0.453 e. The summed E-state index contributed by atoms with van der Waals surface area (Å²) < 4.78 is 5.66. The maximum atomic E-state index is 12.4. The van der Waals surface area contributed by atoms with Gasteiger partial charge in [0.25, 0.3) is 0 Å². The number of furan rings is 1. The van der Waals surface area contributed by atoms with E-state index in [1.54, 1.807) is 0 Å². The van der Waals surface area contributed by atoms with Crippen molar-refractivity contribution in [3.8, 4) is 0 Å². The SMILES string of the molecule is CC1CCCCCN1CC(=O)c1cc2ccccc2o1. The molecule has 1 aromatic heterocycles. The first-order valence-electron chi connectivity index (χ1n) is 7.50. The zero-order valence-electron chi connectivity index (χ0n) is 12.0. The molecule has 3 rings (SSSR count). The Morgan fingerprint density at radius 1 is 1.30 bits per heavy atom. The molecule has 1 saturated heterocycles. The molecule has 1 aliphatic rings. The first kappa shape index (κ1) is 13.4. The van der Waals surface area contributed by atoms with Gasteiger partial charge in [-0.1, -0.05) is 31.0 Å². The fraction of sp³-hybridized carbons (Fsp3) is 0.471. The standard InChI is InChI=1S/C17H21NO2/c1-13-7-3-2-6-10-18(13)12-15(19)17-11-14-8-4-5-9-16(14)20-17/h4-5,8-9,11,13H,2-3,6-7,10,12H2,1H3. The van der Waals surface area contributed by atoms with Crippen LogP contribution in [0.1, 0.15) is 43.2 Å². The molecule has 0 amide bonds. The molecule has 2 aromatic rings. The lowest BCUT2D eigenvalue weighted by atomic mass is 10.1. The molecule has 2 heterocycles. The Hall–Kier alpha value is -1.61. The van der Waals surface area contributed by atoms with Crippen LogP contribution in [0.4, 0.5) is 0 Å². The number of benzene rings is 1. The summed E-state index contributed by atoms with van der Waals surface area (Å²) in [6.07, 6.45) is 4.93. The third kappa shape index (κ3) is 2.78. The van der Waals surface area contributed by atoms with Gasteiger partial charge in [0.1, 0.15) is 5.58 Å². The van der Waals surface area contributed by atoms with E-state index in [9.17, 15) is 4.79 Å². The molecule has 3 nitrogen and oxygen atoms in total. The highest BCUT2D eigenvalue weighted by Gasteiger charge is 2.21. The summed E-state index contributed by atoms with van der Waals surface area (Å²) in [5.74, 6) is 0.581. The molecular formula is C17H21NO2. The zero-order valence-corrected chi connectivity index (χ0v) is 12.0. The number of carbonyl (C=O) groups is 1. The normalized spacial score (nSPS) is 20.9. The molecule has 0 radical (unpaired) electrons. The Bertz CT molecular complexity index is 569.